The van der Waals surface area contributed by atoms with Gasteiger partial charge in [-0.25, -0.2) is 4.79 Å². The Morgan fingerprint density at radius 1 is 1.26 bits per heavy atom. The average Bonchev–Trinajstić information content (AvgIpc) is 2.20. The van der Waals surface area contributed by atoms with E-state index in [-0.39, 0.29) is 22.3 Å². The Balaban J connectivity index is 1.73. The summed E-state index contributed by atoms with van der Waals surface area (Å²) in [6, 6.07) is 0.247. The lowest BCUT2D eigenvalue weighted by atomic mass is 9.56. The molecule has 5 nitrogen and oxygen atoms in total. The average molecular weight is 345 g/mol. The van der Waals surface area contributed by atoms with Crippen molar-refractivity contribution in [2.24, 2.45) is 11.3 Å². The van der Waals surface area contributed by atoms with E-state index in [1.54, 1.807) is 4.90 Å². The van der Waals surface area contributed by atoms with Gasteiger partial charge >= 0.3 is 6.09 Å². The summed E-state index contributed by atoms with van der Waals surface area (Å²) in [6.45, 7) is 15.3. The van der Waals surface area contributed by atoms with Gasteiger partial charge in [0.15, 0.2) is 0 Å². The zero-order valence-corrected chi connectivity index (χ0v) is 16.4. The van der Waals surface area contributed by atoms with Crippen LogP contribution in [0.15, 0.2) is 0 Å². The fourth-order valence-electron chi connectivity index (χ4n) is 3.33. The van der Waals surface area contributed by atoms with Crippen LogP contribution in [0.5, 0.6) is 0 Å². The molecular formula is C17H32N2O3S. The molecule has 134 valence electrons. The summed E-state index contributed by atoms with van der Waals surface area (Å²) in [5, 5.41) is 0. The number of rotatable bonds is 3. The Hall–Kier alpha value is -0.460. The fourth-order valence-corrected chi connectivity index (χ4v) is 4.21. The molecule has 0 aromatic rings. The molecule has 0 radical (unpaired) electrons. The fraction of sp³-hybridized carbons (Fsp3) is 0.941. The molecule has 2 atom stereocenters. The maximum Gasteiger partial charge on any atom is 0.410 e. The number of nitrogens with zero attached hydrogens (tertiary/aromatic N) is 1. The smallest absolute Gasteiger partial charge is 0.410 e. The number of hydrogen-bond acceptors (Lipinski definition) is 4. The van der Waals surface area contributed by atoms with Gasteiger partial charge in [-0.05, 0) is 67.2 Å². The van der Waals surface area contributed by atoms with E-state index in [2.05, 4.69) is 11.6 Å². The summed E-state index contributed by atoms with van der Waals surface area (Å²) in [5.41, 5.74) is -0.155. The number of amides is 1. The van der Waals surface area contributed by atoms with Crippen molar-refractivity contribution in [2.75, 3.05) is 13.1 Å². The summed E-state index contributed by atoms with van der Waals surface area (Å²) < 4.78 is 20.6. The van der Waals surface area contributed by atoms with Gasteiger partial charge in [0.25, 0.3) is 0 Å². The third-order valence-electron chi connectivity index (χ3n) is 4.65. The van der Waals surface area contributed by atoms with Gasteiger partial charge in [-0.15, -0.1) is 4.72 Å². The molecule has 1 saturated carbocycles. The van der Waals surface area contributed by atoms with Crippen LogP contribution in [0, 0.1) is 11.3 Å². The van der Waals surface area contributed by atoms with Crippen LogP contribution in [0.2, 0.25) is 0 Å². The zero-order valence-electron chi connectivity index (χ0n) is 15.6. The number of carbonyl (C=O) groups excluding carboxylic acids is 1. The first-order valence-electron chi connectivity index (χ1n) is 8.47. The number of nitrogens with one attached hydrogen (secondary N) is 1. The van der Waals surface area contributed by atoms with E-state index >= 15 is 0 Å². The van der Waals surface area contributed by atoms with Crippen LogP contribution < -0.4 is 4.72 Å². The van der Waals surface area contributed by atoms with Crippen molar-refractivity contribution < 1.29 is 14.1 Å². The van der Waals surface area contributed by atoms with Crippen LogP contribution in [0.25, 0.3) is 0 Å². The summed E-state index contributed by atoms with van der Waals surface area (Å²) in [6.07, 6.45) is 2.00. The minimum absolute atomic E-state index is 0.202. The largest absolute Gasteiger partial charge is 0.598 e. The first-order chi connectivity index (χ1) is 10.3. The second-order valence-corrected chi connectivity index (χ2v) is 11.3. The molecule has 2 rings (SSSR count). The Morgan fingerprint density at radius 2 is 1.78 bits per heavy atom. The highest BCUT2D eigenvalue weighted by Gasteiger charge is 2.55. The summed E-state index contributed by atoms with van der Waals surface area (Å²) in [4.78, 5) is 13.8. The first kappa shape index (κ1) is 18.9. The van der Waals surface area contributed by atoms with Crippen molar-refractivity contribution >= 4 is 17.5 Å². The molecule has 1 heterocycles. The van der Waals surface area contributed by atoms with E-state index in [0.717, 1.165) is 25.9 Å². The van der Waals surface area contributed by atoms with Crippen LogP contribution in [0.4, 0.5) is 4.79 Å². The quantitative estimate of drug-likeness (QED) is 0.799. The van der Waals surface area contributed by atoms with E-state index in [1.165, 1.54) is 0 Å². The number of ether oxygens (including phenoxy) is 1. The van der Waals surface area contributed by atoms with Crippen LogP contribution in [-0.2, 0) is 16.1 Å². The van der Waals surface area contributed by atoms with Crippen LogP contribution >= 0.6 is 0 Å². The molecule has 1 aliphatic carbocycles. The summed E-state index contributed by atoms with van der Waals surface area (Å²) >= 11 is -1.02. The van der Waals surface area contributed by atoms with Gasteiger partial charge in [0.05, 0.1) is 6.04 Å². The summed E-state index contributed by atoms with van der Waals surface area (Å²) in [7, 11) is 0. The van der Waals surface area contributed by atoms with E-state index in [4.69, 9.17) is 4.74 Å². The molecular weight excluding hydrogens is 312 g/mol. The Bertz CT molecular complexity index is 442. The molecule has 0 aromatic carbocycles. The minimum atomic E-state index is -1.02. The van der Waals surface area contributed by atoms with Gasteiger partial charge < -0.3 is 14.2 Å². The monoisotopic (exact) mass is 344 g/mol. The normalized spacial score (nSPS) is 23.9. The maximum absolute atomic E-state index is 12.2. The summed E-state index contributed by atoms with van der Waals surface area (Å²) in [5.74, 6) is 0.544. The molecule has 1 spiro atoms. The molecule has 0 bridgehead atoms. The van der Waals surface area contributed by atoms with Gasteiger partial charge in [0.1, 0.15) is 10.3 Å². The van der Waals surface area contributed by atoms with E-state index in [9.17, 15) is 9.35 Å². The van der Waals surface area contributed by atoms with Gasteiger partial charge in [-0.2, -0.15) is 0 Å². The Labute approximate surface area is 143 Å². The molecule has 1 amide bonds. The molecule has 23 heavy (non-hydrogen) atoms. The molecule has 1 aliphatic heterocycles. The molecule has 1 N–H and O–H groups in total. The third-order valence-corrected chi connectivity index (χ3v) is 6.35. The highest BCUT2D eigenvalue weighted by Crippen LogP contribution is 2.53. The number of likely N-dealkylation sites (tertiary alicyclic amines) is 1. The molecule has 2 fully saturated rings. The minimum Gasteiger partial charge on any atom is -0.598 e. The van der Waals surface area contributed by atoms with Gasteiger partial charge in [-0.1, -0.05) is 0 Å². The van der Waals surface area contributed by atoms with Crippen LogP contribution in [-0.4, -0.2) is 45.0 Å². The van der Waals surface area contributed by atoms with Crippen molar-refractivity contribution in [1.82, 2.24) is 9.62 Å². The Kier molecular flexibility index (Phi) is 5.02. The zero-order chi connectivity index (χ0) is 17.6. The molecule has 1 saturated heterocycles. The first-order valence-corrected chi connectivity index (χ1v) is 9.62. The van der Waals surface area contributed by atoms with Crippen molar-refractivity contribution in [3.8, 4) is 0 Å². The maximum atomic E-state index is 12.2. The number of carbonyl (C=O) groups is 1. The van der Waals surface area contributed by atoms with Crippen molar-refractivity contribution in [2.45, 2.75) is 77.7 Å². The topological polar surface area (TPSA) is 64.6 Å². The highest BCUT2D eigenvalue weighted by molar-refractivity contribution is 7.90. The molecule has 2 unspecified atom stereocenters. The Morgan fingerprint density at radius 3 is 2.22 bits per heavy atom. The van der Waals surface area contributed by atoms with E-state index < -0.39 is 17.0 Å². The lowest BCUT2D eigenvalue weighted by Crippen LogP contribution is -2.66. The standard InChI is InChI=1S/C17H32N2O3S/c1-12(18-23(21)16(5,6)7)13-8-17(9-13)10-19(11-17)14(20)22-15(2,3)4/h12-13,18H,8-11H2,1-7H3. The second-order valence-electron chi connectivity index (χ2n) is 9.29. The highest BCUT2D eigenvalue weighted by atomic mass is 32.2. The van der Waals surface area contributed by atoms with Crippen molar-refractivity contribution in [3.63, 3.8) is 0 Å². The van der Waals surface area contributed by atoms with Gasteiger partial charge in [0, 0.05) is 29.9 Å². The predicted octanol–water partition coefficient (Wildman–Crippen LogP) is 3.07. The predicted molar refractivity (Wildman–Crippen MR) is 93.5 cm³/mol. The third kappa shape index (κ3) is 4.54. The van der Waals surface area contributed by atoms with Gasteiger partial charge in [0.2, 0.25) is 0 Å². The number of hydrogen-bond donors (Lipinski definition) is 1. The second kappa shape index (κ2) is 6.12. The van der Waals surface area contributed by atoms with E-state index in [1.807, 2.05) is 41.5 Å². The molecule has 0 aromatic heterocycles. The molecule has 6 heteroatoms. The van der Waals surface area contributed by atoms with Crippen LogP contribution in [0.3, 0.4) is 0 Å². The van der Waals surface area contributed by atoms with E-state index in [0.29, 0.717) is 5.92 Å². The SMILES string of the molecule is CC(N[S+]([O-])C(C)(C)C)C1CC2(C1)CN(C(=O)OC(C)(C)C)C2. The molecule has 2 aliphatic rings. The lowest BCUT2D eigenvalue weighted by Gasteiger charge is -2.59. The van der Waals surface area contributed by atoms with Crippen LogP contribution in [0.1, 0.15) is 61.3 Å². The lowest BCUT2D eigenvalue weighted by molar-refractivity contribution is -0.0997. The van der Waals surface area contributed by atoms with Crippen molar-refractivity contribution in [3.05, 3.63) is 0 Å². The van der Waals surface area contributed by atoms with Crippen molar-refractivity contribution in [1.29, 1.82) is 0 Å². The van der Waals surface area contributed by atoms with Gasteiger partial charge in [-0.3, -0.25) is 0 Å².